The summed E-state index contributed by atoms with van der Waals surface area (Å²) in [6.07, 6.45) is 6.22. The van der Waals surface area contributed by atoms with Gasteiger partial charge in [-0.25, -0.2) is 0 Å². The molecule has 2 bridgehead atoms. The van der Waals surface area contributed by atoms with Gasteiger partial charge in [0.15, 0.2) is 0 Å². The van der Waals surface area contributed by atoms with Crippen molar-refractivity contribution in [2.45, 2.75) is 31.3 Å². The normalized spacial score (nSPS) is 25.6. The van der Waals surface area contributed by atoms with Gasteiger partial charge in [-0.05, 0) is 43.0 Å². The topological polar surface area (TPSA) is 21.3 Å². The number of rotatable bonds is 2. The van der Waals surface area contributed by atoms with Crippen LogP contribution in [0, 0.1) is 0 Å². The maximum atomic E-state index is 5.46. The Kier molecular flexibility index (Phi) is 2.64. The summed E-state index contributed by atoms with van der Waals surface area (Å²) in [6.45, 7) is 0. The molecule has 2 atom stereocenters. The van der Waals surface area contributed by atoms with E-state index in [-0.39, 0.29) is 0 Å². The predicted molar refractivity (Wildman–Crippen MR) is 80.9 cm³/mol. The minimum Gasteiger partial charge on any atom is -0.496 e. The van der Waals surface area contributed by atoms with Gasteiger partial charge in [-0.2, -0.15) is 0 Å². The highest BCUT2D eigenvalue weighted by Gasteiger charge is 2.28. The maximum absolute atomic E-state index is 5.46. The first-order valence-corrected chi connectivity index (χ1v) is 7.69. The van der Waals surface area contributed by atoms with E-state index in [0.717, 1.165) is 5.75 Å². The molecule has 0 spiro atoms. The quantitative estimate of drug-likeness (QED) is 0.896. The van der Waals surface area contributed by atoms with Crippen molar-refractivity contribution in [3.8, 4) is 5.75 Å². The molecule has 2 nitrogen and oxygen atoms in total. The van der Waals surface area contributed by atoms with Crippen LogP contribution >= 0.6 is 11.3 Å². The monoisotopic (exact) mass is 271 g/mol. The SMILES string of the molecule is COc1cccc2sc(C3=CC4CCC(C3)N4)cc12. The third-order valence-corrected chi connectivity index (χ3v) is 5.38. The van der Waals surface area contributed by atoms with Crippen LogP contribution in [0.25, 0.3) is 15.7 Å². The summed E-state index contributed by atoms with van der Waals surface area (Å²) < 4.78 is 6.78. The van der Waals surface area contributed by atoms with Crippen LogP contribution in [0.4, 0.5) is 0 Å². The van der Waals surface area contributed by atoms with Gasteiger partial charge in [0.05, 0.1) is 7.11 Å². The summed E-state index contributed by atoms with van der Waals surface area (Å²) >= 11 is 1.89. The molecule has 1 saturated heterocycles. The molecule has 3 heterocycles. The summed E-state index contributed by atoms with van der Waals surface area (Å²) in [5, 5.41) is 4.90. The molecule has 1 fully saturated rings. The summed E-state index contributed by atoms with van der Waals surface area (Å²) in [7, 11) is 1.75. The molecule has 2 aliphatic rings. The van der Waals surface area contributed by atoms with Crippen molar-refractivity contribution < 1.29 is 4.74 Å². The van der Waals surface area contributed by atoms with Crippen molar-refractivity contribution >= 4 is 27.0 Å². The second-order valence-electron chi connectivity index (χ2n) is 5.43. The van der Waals surface area contributed by atoms with Gasteiger partial charge in [-0.1, -0.05) is 12.1 Å². The molecule has 19 heavy (non-hydrogen) atoms. The Bertz CT molecular complexity index is 658. The number of hydrogen-bond donors (Lipinski definition) is 1. The van der Waals surface area contributed by atoms with E-state index >= 15 is 0 Å². The molecule has 4 rings (SSSR count). The molecule has 1 aromatic carbocycles. The molecule has 0 radical (unpaired) electrons. The fraction of sp³-hybridized carbons (Fsp3) is 0.375. The van der Waals surface area contributed by atoms with Gasteiger partial charge < -0.3 is 10.1 Å². The second-order valence-corrected chi connectivity index (χ2v) is 6.51. The van der Waals surface area contributed by atoms with Gasteiger partial charge in [0, 0.05) is 27.0 Å². The molecule has 0 amide bonds. The summed E-state index contributed by atoms with van der Waals surface area (Å²) in [4.78, 5) is 1.41. The average Bonchev–Trinajstić information content (AvgIpc) is 3.01. The molecule has 0 aliphatic carbocycles. The Balaban J connectivity index is 1.80. The van der Waals surface area contributed by atoms with E-state index in [1.54, 1.807) is 7.11 Å². The molecule has 2 aliphatic heterocycles. The van der Waals surface area contributed by atoms with E-state index in [1.165, 1.54) is 39.8 Å². The lowest BCUT2D eigenvalue weighted by Crippen LogP contribution is -2.31. The van der Waals surface area contributed by atoms with Gasteiger partial charge in [0.2, 0.25) is 0 Å². The van der Waals surface area contributed by atoms with Gasteiger partial charge in [0.25, 0.3) is 0 Å². The molecule has 2 unspecified atom stereocenters. The van der Waals surface area contributed by atoms with E-state index in [1.807, 2.05) is 17.4 Å². The molecule has 3 heteroatoms. The number of nitrogens with one attached hydrogen (secondary N) is 1. The molecule has 2 aromatic rings. The highest BCUT2D eigenvalue weighted by molar-refractivity contribution is 7.20. The van der Waals surface area contributed by atoms with Crippen LogP contribution in [0.5, 0.6) is 5.75 Å². The van der Waals surface area contributed by atoms with Crippen molar-refractivity contribution in [1.82, 2.24) is 5.32 Å². The number of methoxy groups -OCH3 is 1. The average molecular weight is 271 g/mol. The lowest BCUT2D eigenvalue weighted by Gasteiger charge is -2.20. The van der Waals surface area contributed by atoms with Crippen molar-refractivity contribution in [3.05, 3.63) is 35.2 Å². The number of benzene rings is 1. The van der Waals surface area contributed by atoms with Crippen LogP contribution < -0.4 is 10.1 Å². The number of hydrogen-bond acceptors (Lipinski definition) is 3. The molecule has 1 aromatic heterocycles. The predicted octanol–water partition coefficient (Wildman–Crippen LogP) is 3.82. The highest BCUT2D eigenvalue weighted by atomic mass is 32.1. The third kappa shape index (κ3) is 1.88. The Morgan fingerprint density at radius 1 is 1.32 bits per heavy atom. The van der Waals surface area contributed by atoms with E-state index in [4.69, 9.17) is 4.74 Å². The first-order valence-electron chi connectivity index (χ1n) is 6.87. The van der Waals surface area contributed by atoms with E-state index in [0.29, 0.717) is 12.1 Å². The summed E-state index contributed by atoms with van der Waals surface area (Å²) in [6, 6.07) is 9.89. The van der Waals surface area contributed by atoms with Crippen molar-refractivity contribution in [1.29, 1.82) is 0 Å². The maximum Gasteiger partial charge on any atom is 0.127 e. The van der Waals surface area contributed by atoms with Crippen LogP contribution in [0.3, 0.4) is 0 Å². The molecule has 1 N–H and O–H groups in total. The minimum atomic E-state index is 0.598. The Labute approximate surface area is 117 Å². The van der Waals surface area contributed by atoms with Crippen molar-refractivity contribution in [2.24, 2.45) is 0 Å². The standard InChI is InChI=1S/C16H17NOS/c1-18-14-3-2-4-15-13(14)9-16(19-15)10-7-11-5-6-12(8-10)17-11/h2-4,7,9,11-12,17H,5-6,8H2,1H3. The highest BCUT2D eigenvalue weighted by Crippen LogP contribution is 2.39. The number of thiophene rings is 1. The summed E-state index contributed by atoms with van der Waals surface area (Å²) in [5.74, 6) is 0.984. The van der Waals surface area contributed by atoms with E-state index < -0.39 is 0 Å². The number of fused-ring (bicyclic) bond motifs is 3. The smallest absolute Gasteiger partial charge is 0.127 e. The molecular formula is C16H17NOS. The Morgan fingerprint density at radius 3 is 3.11 bits per heavy atom. The fourth-order valence-electron chi connectivity index (χ4n) is 3.27. The van der Waals surface area contributed by atoms with Crippen molar-refractivity contribution in [3.63, 3.8) is 0 Å². The molecule has 98 valence electrons. The second kappa shape index (κ2) is 4.36. The van der Waals surface area contributed by atoms with Gasteiger partial charge in [-0.3, -0.25) is 0 Å². The van der Waals surface area contributed by atoms with E-state index in [9.17, 15) is 0 Å². The zero-order chi connectivity index (χ0) is 12.8. The minimum absolute atomic E-state index is 0.598. The van der Waals surface area contributed by atoms with Crippen LogP contribution in [0.1, 0.15) is 24.1 Å². The van der Waals surface area contributed by atoms with Crippen LogP contribution in [0.2, 0.25) is 0 Å². The van der Waals surface area contributed by atoms with E-state index in [2.05, 4.69) is 29.6 Å². The zero-order valence-corrected chi connectivity index (χ0v) is 11.8. The van der Waals surface area contributed by atoms with Gasteiger partial charge in [-0.15, -0.1) is 11.3 Å². The van der Waals surface area contributed by atoms with Crippen LogP contribution in [0.15, 0.2) is 30.3 Å². The molecule has 0 saturated carbocycles. The first-order chi connectivity index (χ1) is 9.33. The number of ether oxygens (including phenoxy) is 1. The zero-order valence-electron chi connectivity index (χ0n) is 11.0. The van der Waals surface area contributed by atoms with Gasteiger partial charge >= 0.3 is 0 Å². The lowest BCUT2D eigenvalue weighted by atomic mass is 10.0. The summed E-state index contributed by atoms with van der Waals surface area (Å²) in [5.41, 5.74) is 1.52. The third-order valence-electron chi connectivity index (χ3n) is 4.20. The first kappa shape index (κ1) is 11.5. The van der Waals surface area contributed by atoms with Crippen LogP contribution in [-0.4, -0.2) is 19.2 Å². The van der Waals surface area contributed by atoms with Gasteiger partial charge in [0.1, 0.15) is 5.75 Å². The Hall–Kier alpha value is -1.32. The molecular weight excluding hydrogens is 254 g/mol. The largest absolute Gasteiger partial charge is 0.496 e. The van der Waals surface area contributed by atoms with Crippen LogP contribution in [-0.2, 0) is 0 Å². The lowest BCUT2D eigenvalue weighted by molar-refractivity contribution is 0.420. The fourth-order valence-corrected chi connectivity index (χ4v) is 4.38. The Morgan fingerprint density at radius 2 is 2.26 bits per heavy atom. The van der Waals surface area contributed by atoms with Crippen molar-refractivity contribution in [2.75, 3.05) is 7.11 Å².